The van der Waals surface area contributed by atoms with Crippen molar-refractivity contribution in [2.75, 3.05) is 0 Å². The second-order valence-electron chi connectivity index (χ2n) is 4.54. The van der Waals surface area contributed by atoms with E-state index in [1.165, 1.54) is 31.2 Å². The van der Waals surface area contributed by atoms with E-state index in [1.807, 2.05) is 0 Å². The summed E-state index contributed by atoms with van der Waals surface area (Å²) in [6.07, 6.45) is 6.43. The summed E-state index contributed by atoms with van der Waals surface area (Å²) in [6.45, 7) is 0. The zero-order chi connectivity index (χ0) is 12.5. The summed E-state index contributed by atoms with van der Waals surface area (Å²) in [6, 6.07) is 13.2. The SMILES string of the molecule is Brc1cc2ccc1C=Cc1ccc(c(Br)c1)CC2. The van der Waals surface area contributed by atoms with Crippen molar-refractivity contribution in [3.05, 3.63) is 67.6 Å². The van der Waals surface area contributed by atoms with Crippen LogP contribution in [-0.2, 0) is 12.8 Å². The summed E-state index contributed by atoms with van der Waals surface area (Å²) in [4.78, 5) is 0. The second kappa shape index (κ2) is 5.02. The summed E-state index contributed by atoms with van der Waals surface area (Å²) in [5, 5.41) is 0. The van der Waals surface area contributed by atoms with Gasteiger partial charge in [0, 0.05) is 8.95 Å². The molecule has 0 radical (unpaired) electrons. The lowest BCUT2D eigenvalue weighted by molar-refractivity contribution is 0.953. The van der Waals surface area contributed by atoms with Gasteiger partial charge in [0.25, 0.3) is 0 Å². The minimum absolute atomic E-state index is 1.07. The van der Waals surface area contributed by atoms with Crippen LogP contribution in [0.5, 0.6) is 0 Å². The molecule has 6 rings (SSSR count). The predicted octanol–water partition coefficient (Wildman–Crippen LogP) is 5.48. The molecule has 90 valence electrons. The average molecular weight is 364 g/mol. The second-order valence-corrected chi connectivity index (χ2v) is 6.25. The summed E-state index contributed by atoms with van der Waals surface area (Å²) >= 11 is 7.30. The van der Waals surface area contributed by atoms with Crippen LogP contribution in [0.1, 0.15) is 22.3 Å². The largest absolute Gasteiger partial charge is 0.0584 e. The van der Waals surface area contributed by atoms with Crippen LogP contribution in [0.3, 0.4) is 0 Å². The smallest absolute Gasteiger partial charge is 0.0250 e. The van der Waals surface area contributed by atoms with Crippen molar-refractivity contribution in [3.63, 3.8) is 0 Å². The fraction of sp³-hybridized carbons (Fsp3) is 0.125. The summed E-state index contributed by atoms with van der Waals surface area (Å²) in [7, 11) is 0. The maximum absolute atomic E-state index is 3.66. The number of halogens is 2. The van der Waals surface area contributed by atoms with Crippen LogP contribution in [0.15, 0.2) is 45.3 Å². The quantitative estimate of drug-likeness (QED) is 0.581. The molecule has 2 aromatic carbocycles. The van der Waals surface area contributed by atoms with Gasteiger partial charge in [-0.05, 0) is 47.2 Å². The van der Waals surface area contributed by atoms with Gasteiger partial charge in [0.1, 0.15) is 0 Å². The van der Waals surface area contributed by atoms with Crippen LogP contribution < -0.4 is 0 Å². The molecule has 0 fully saturated rings. The van der Waals surface area contributed by atoms with Gasteiger partial charge in [-0.25, -0.2) is 0 Å². The lowest BCUT2D eigenvalue weighted by Gasteiger charge is -2.09. The molecule has 0 saturated carbocycles. The highest BCUT2D eigenvalue weighted by atomic mass is 79.9. The van der Waals surface area contributed by atoms with Crippen molar-refractivity contribution in [2.45, 2.75) is 12.8 Å². The Morgan fingerprint density at radius 2 is 1.67 bits per heavy atom. The average Bonchev–Trinajstić information content (AvgIpc) is 2.34. The molecule has 0 spiro atoms. The van der Waals surface area contributed by atoms with E-state index in [4.69, 9.17) is 0 Å². The molecular formula is C16H12Br2. The first-order chi connectivity index (χ1) is 8.72. The van der Waals surface area contributed by atoms with Crippen LogP contribution in [0, 0.1) is 0 Å². The molecular weight excluding hydrogens is 352 g/mol. The summed E-state index contributed by atoms with van der Waals surface area (Å²) < 4.78 is 2.38. The Hall–Kier alpha value is -0.860. The van der Waals surface area contributed by atoms with Crippen LogP contribution in [0.2, 0.25) is 0 Å². The number of benzene rings is 2. The van der Waals surface area contributed by atoms with Crippen LogP contribution in [0.4, 0.5) is 0 Å². The molecule has 0 aliphatic heterocycles. The Kier molecular flexibility index (Phi) is 3.40. The Bertz CT molecular complexity index is 627. The van der Waals surface area contributed by atoms with E-state index in [0.717, 1.165) is 12.8 Å². The number of hydrogen-bond acceptors (Lipinski definition) is 0. The molecule has 0 saturated heterocycles. The van der Waals surface area contributed by atoms with Gasteiger partial charge in [-0.1, -0.05) is 68.3 Å². The third kappa shape index (κ3) is 2.45. The zero-order valence-electron chi connectivity index (χ0n) is 9.79. The molecule has 2 heteroatoms. The van der Waals surface area contributed by atoms with Gasteiger partial charge >= 0.3 is 0 Å². The normalized spacial score (nSPS) is 13.4. The topological polar surface area (TPSA) is 0 Å². The third-order valence-electron chi connectivity index (χ3n) is 3.28. The number of aryl methyl sites for hydroxylation is 2. The Morgan fingerprint density at radius 1 is 0.778 bits per heavy atom. The number of hydrogen-bond donors (Lipinski definition) is 0. The maximum Gasteiger partial charge on any atom is 0.0250 e. The summed E-state index contributed by atoms with van der Waals surface area (Å²) in [5.41, 5.74) is 5.19. The molecule has 0 N–H and O–H groups in total. The van der Waals surface area contributed by atoms with E-state index >= 15 is 0 Å². The van der Waals surface area contributed by atoms with E-state index in [0.29, 0.717) is 0 Å². The van der Waals surface area contributed by atoms with Crippen LogP contribution in [-0.4, -0.2) is 0 Å². The van der Waals surface area contributed by atoms with E-state index in [-0.39, 0.29) is 0 Å². The molecule has 0 aromatic heterocycles. The lowest BCUT2D eigenvalue weighted by atomic mass is 10.00. The van der Waals surface area contributed by atoms with Crippen molar-refractivity contribution < 1.29 is 0 Å². The van der Waals surface area contributed by atoms with E-state index < -0.39 is 0 Å². The molecule has 2 aromatic rings. The highest BCUT2D eigenvalue weighted by molar-refractivity contribution is 9.10. The van der Waals surface area contributed by atoms with Crippen LogP contribution in [0.25, 0.3) is 12.2 Å². The first kappa shape index (κ1) is 12.2. The molecule has 0 heterocycles. The van der Waals surface area contributed by atoms with Gasteiger partial charge in [0.2, 0.25) is 0 Å². The first-order valence-corrected chi connectivity index (χ1v) is 7.56. The van der Waals surface area contributed by atoms with Gasteiger partial charge in [-0.15, -0.1) is 0 Å². The Labute approximate surface area is 124 Å². The van der Waals surface area contributed by atoms with Gasteiger partial charge in [-0.3, -0.25) is 0 Å². The fourth-order valence-corrected chi connectivity index (χ4v) is 3.35. The monoisotopic (exact) mass is 362 g/mol. The minimum Gasteiger partial charge on any atom is -0.0584 e. The van der Waals surface area contributed by atoms with Gasteiger partial charge in [-0.2, -0.15) is 0 Å². The highest BCUT2D eigenvalue weighted by Gasteiger charge is 2.05. The predicted molar refractivity (Wildman–Crippen MR) is 84.6 cm³/mol. The van der Waals surface area contributed by atoms with Crippen molar-refractivity contribution in [2.24, 2.45) is 0 Å². The van der Waals surface area contributed by atoms with Gasteiger partial charge in [0.15, 0.2) is 0 Å². The van der Waals surface area contributed by atoms with E-state index in [9.17, 15) is 0 Å². The molecule has 0 atom stereocenters. The Balaban J connectivity index is 2.15. The fourth-order valence-electron chi connectivity index (χ4n) is 2.20. The molecule has 0 amide bonds. The molecule has 18 heavy (non-hydrogen) atoms. The summed E-state index contributed by atoms with van der Waals surface area (Å²) in [5.74, 6) is 0. The van der Waals surface area contributed by atoms with Gasteiger partial charge < -0.3 is 0 Å². The molecule has 4 aliphatic rings. The molecule has 0 nitrogen and oxygen atoms in total. The van der Waals surface area contributed by atoms with E-state index in [1.54, 1.807) is 0 Å². The minimum atomic E-state index is 1.07. The van der Waals surface area contributed by atoms with E-state index in [2.05, 4.69) is 80.4 Å². The van der Waals surface area contributed by atoms with Crippen molar-refractivity contribution in [1.29, 1.82) is 0 Å². The third-order valence-corrected chi connectivity index (χ3v) is 4.71. The van der Waals surface area contributed by atoms with Gasteiger partial charge in [0.05, 0.1) is 0 Å². The molecule has 4 bridgehead atoms. The number of rotatable bonds is 0. The Morgan fingerprint density at radius 3 is 2.44 bits per heavy atom. The van der Waals surface area contributed by atoms with Crippen LogP contribution >= 0.6 is 31.9 Å². The highest BCUT2D eigenvalue weighted by Crippen LogP contribution is 2.26. The first-order valence-electron chi connectivity index (χ1n) is 5.97. The zero-order valence-corrected chi connectivity index (χ0v) is 13.0. The van der Waals surface area contributed by atoms with Crippen molar-refractivity contribution >= 4 is 44.0 Å². The maximum atomic E-state index is 3.66. The molecule has 0 unspecified atom stereocenters. The lowest BCUT2D eigenvalue weighted by Crippen LogP contribution is -1.94. The molecule has 4 aliphatic carbocycles. The standard InChI is InChI=1S/C16H12Br2/c17-15-9-11-1-5-13(15)8-4-12-2-6-14(7-3-11)16(18)10-12/h1-3,5-7,9-10H,4,8H2. The van der Waals surface area contributed by atoms with Crippen molar-refractivity contribution in [3.8, 4) is 0 Å². The van der Waals surface area contributed by atoms with Crippen molar-refractivity contribution in [1.82, 2.24) is 0 Å².